The van der Waals surface area contributed by atoms with E-state index in [1.807, 2.05) is 32.0 Å². The van der Waals surface area contributed by atoms with Crippen LogP contribution in [0.3, 0.4) is 0 Å². The van der Waals surface area contributed by atoms with Crippen LogP contribution in [-0.4, -0.2) is 24.8 Å². The van der Waals surface area contributed by atoms with Gasteiger partial charge >= 0.3 is 0 Å². The van der Waals surface area contributed by atoms with Crippen LogP contribution in [0, 0.1) is 0 Å². The highest BCUT2D eigenvalue weighted by Gasteiger charge is 2.29. The molecule has 0 radical (unpaired) electrons. The lowest BCUT2D eigenvalue weighted by Gasteiger charge is -2.13. The Hall–Kier alpha value is -2.50. The molecule has 0 N–H and O–H groups in total. The third-order valence-electron chi connectivity index (χ3n) is 4.09. The van der Waals surface area contributed by atoms with Crippen LogP contribution in [0.15, 0.2) is 47.1 Å². The Morgan fingerprint density at radius 3 is 2.39 bits per heavy atom. The van der Waals surface area contributed by atoms with Gasteiger partial charge in [-0.3, -0.25) is 4.79 Å². The van der Waals surface area contributed by atoms with Crippen molar-refractivity contribution in [1.29, 1.82) is 0 Å². The van der Waals surface area contributed by atoms with Crippen molar-refractivity contribution in [2.45, 2.75) is 20.8 Å². The van der Waals surface area contributed by atoms with Gasteiger partial charge in [-0.25, -0.2) is 0 Å². The highest BCUT2D eigenvalue weighted by Crippen LogP contribution is 2.32. The van der Waals surface area contributed by atoms with E-state index in [0.29, 0.717) is 51.7 Å². The maximum atomic E-state index is 12.9. The van der Waals surface area contributed by atoms with Crippen LogP contribution in [-0.2, 0) is 4.79 Å². The van der Waals surface area contributed by atoms with Crippen LogP contribution in [0.5, 0.6) is 11.5 Å². The molecule has 0 spiro atoms. The molecular formula is C21H20Cl2N2O3. The highest BCUT2D eigenvalue weighted by atomic mass is 35.5. The maximum Gasteiger partial charge on any atom is 0.280 e. The molecule has 1 amide bonds. The summed E-state index contributed by atoms with van der Waals surface area (Å²) in [5.74, 6) is 1.08. The highest BCUT2D eigenvalue weighted by molar-refractivity contribution is 6.42. The second-order valence-corrected chi connectivity index (χ2v) is 6.85. The molecule has 0 atom stereocenters. The van der Waals surface area contributed by atoms with Gasteiger partial charge in [0.2, 0.25) is 0 Å². The Labute approximate surface area is 174 Å². The molecule has 0 fully saturated rings. The lowest BCUT2D eigenvalue weighted by molar-refractivity contribution is -0.114. The number of nitrogens with zero attached hydrogens (tertiary/aromatic N) is 2. The number of amides is 1. The van der Waals surface area contributed by atoms with Crippen molar-refractivity contribution in [2.75, 3.05) is 18.2 Å². The number of rotatable bonds is 6. The molecule has 0 aliphatic carbocycles. The molecule has 2 aromatic carbocycles. The van der Waals surface area contributed by atoms with E-state index in [2.05, 4.69) is 5.10 Å². The van der Waals surface area contributed by atoms with Crippen molar-refractivity contribution in [3.63, 3.8) is 0 Å². The van der Waals surface area contributed by atoms with Crippen molar-refractivity contribution in [3.05, 3.63) is 57.6 Å². The second kappa shape index (κ2) is 8.67. The number of carbonyl (C=O) groups is 1. The van der Waals surface area contributed by atoms with E-state index in [-0.39, 0.29) is 5.91 Å². The van der Waals surface area contributed by atoms with Crippen molar-refractivity contribution < 1.29 is 14.3 Å². The molecular weight excluding hydrogens is 399 g/mol. The van der Waals surface area contributed by atoms with Gasteiger partial charge in [0.1, 0.15) is 0 Å². The molecule has 1 aliphatic rings. The van der Waals surface area contributed by atoms with Gasteiger partial charge in [-0.2, -0.15) is 10.1 Å². The number of hydrogen-bond donors (Lipinski definition) is 0. The van der Waals surface area contributed by atoms with Crippen LogP contribution >= 0.6 is 23.2 Å². The van der Waals surface area contributed by atoms with E-state index in [0.717, 1.165) is 5.56 Å². The number of carbonyl (C=O) groups excluding carboxylic acids is 1. The monoisotopic (exact) mass is 418 g/mol. The van der Waals surface area contributed by atoms with Crippen molar-refractivity contribution in [2.24, 2.45) is 5.10 Å². The first kappa shape index (κ1) is 20.2. The molecule has 1 aliphatic heterocycles. The van der Waals surface area contributed by atoms with E-state index >= 15 is 0 Å². The smallest absolute Gasteiger partial charge is 0.280 e. The first-order valence-corrected chi connectivity index (χ1v) is 9.66. The quantitative estimate of drug-likeness (QED) is 0.573. The van der Waals surface area contributed by atoms with E-state index in [1.165, 1.54) is 5.01 Å². The largest absolute Gasteiger partial charge is 0.490 e. The van der Waals surface area contributed by atoms with Crippen LogP contribution in [0.1, 0.15) is 26.3 Å². The molecule has 2 aromatic rings. The van der Waals surface area contributed by atoms with Crippen molar-refractivity contribution >= 4 is 46.6 Å². The predicted octanol–water partition coefficient (Wildman–Crippen LogP) is 5.60. The second-order valence-electron chi connectivity index (χ2n) is 6.03. The van der Waals surface area contributed by atoms with Crippen molar-refractivity contribution in [1.82, 2.24) is 0 Å². The lowest BCUT2D eigenvalue weighted by atomic mass is 10.1. The van der Waals surface area contributed by atoms with Gasteiger partial charge in [0, 0.05) is 0 Å². The van der Waals surface area contributed by atoms with Crippen LogP contribution in [0.25, 0.3) is 6.08 Å². The molecule has 3 rings (SSSR count). The third-order valence-corrected chi connectivity index (χ3v) is 4.83. The van der Waals surface area contributed by atoms with Gasteiger partial charge in [0.25, 0.3) is 5.91 Å². The van der Waals surface area contributed by atoms with Gasteiger partial charge in [0.05, 0.1) is 40.2 Å². The normalized spacial score (nSPS) is 15.2. The molecule has 5 nitrogen and oxygen atoms in total. The first-order chi connectivity index (χ1) is 13.4. The Morgan fingerprint density at radius 2 is 1.71 bits per heavy atom. The van der Waals surface area contributed by atoms with Crippen LogP contribution in [0.2, 0.25) is 10.0 Å². The number of anilines is 1. The molecule has 7 heteroatoms. The zero-order valence-electron chi connectivity index (χ0n) is 15.8. The summed E-state index contributed by atoms with van der Waals surface area (Å²) in [5, 5.41) is 6.48. The van der Waals surface area contributed by atoms with Gasteiger partial charge in [-0.05, 0) is 62.7 Å². The zero-order valence-corrected chi connectivity index (χ0v) is 17.3. The first-order valence-electron chi connectivity index (χ1n) is 8.91. The van der Waals surface area contributed by atoms with E-state index in [1.54, 1.807) is 31.2 Å². The minimum atomic E-state index is -0.234. The summed E-state index contributed by atoms with van der Waals surface area (Å²) in [6.07, 6.45) is 1.79. The van der Waals surface area contributed by atoms with Crippen LogP contribution < -0.4 is 14.5 Å². The zero-order chi connectivity index (χ0) is 20.3. The van der Waals surface area contributed by atoms with Gasteiger partial charge in [-0.15, -0.1) is 0 Å². The van der Waals surface area contributed by atoms with E-state index < -0.39 is 0 Å². The third kappa shape index (κ3) is 4.16. The molecule has 28 heavy (non-hydrogen) atoms. The fraction of sp³-hybridized carbons (Fsp3) is 0.238. The number of ether oxygens (including phenoxy) is 2. The summed E-state index contributed by atoms with van der Waals surface area (Å²) >= 11 is 12.0. The lowest BCUT2D eigenvalue weighted by Crippen LogP contribution is -2.21. The van der Waals surface area contributed by atoms with Gasteiger partial charge in [-0.1, -0.05) is 29.3 Å². The number of halogens is 2. The Morgan fingerprint density at radius 1 is 1.00 bits per heavy atom. The minimum Gasteiger partial charge on any atom is -0.490 e. The molecule has 0 unspecified atom stereocenters. The summed E-state index contributed by atoms with van der Waals surface area (Å²) in [5.41, 5.74) is 2.49. The van der Waals surface area contributed by atoms with Gasteiger partial charge < -0.3 is 9.47 Å². The van der Waals surface area contributed by atoms with Gasteiger partial charge in [0.15, 0.2) is 11.5 Å². The summed E-state index contributed by atoms with van der Waals surface area (Å²) in [7, 11) is 0. The Balaban J connectivity index is 1.92. The Kier molecular flexibility index (Phi) is 6.27. The van der Waals surface area contributed by atoms with Crippen molar-refractivity contribution in [3.8, 4) is 11.5 Å². The fourth-order valence-electron chi connectivity index (χ4n) is 2.80. The average Bonchev–Trinajstić information content (AvgIpc) is 2.94. The minimum absolute atomic E-state index is 0.234. The van der Waals surface area contributed by atoms with Crippen LogP contribution in [0.4, 0.5) is 5.69 Å². The molecule has 1 heterocycles. The van der Waals surface area contributed by atoms with E-state index in [4.69, 9.17) is 32.7 Å². The molecule has 146 valence electrons. The molecule has 0 saturated carbocycles. The maximum absolute atomic E-state index is 12.9. The SMILES string of the molecule is CCOc1ccc(C=C2C(=O)N(c3ccc(Cl)c(Cl)c3)N=C2C)cc1OCC. The number of benzene rings is 2. The molecule has 0 aromatic heterocycles. The summed E-state index contributed by atoms with van der Waals surface area (Å²) < 4.78 is 11.2. The summed E-state index contributed by atoms with van der Waals surface area (Å²) in [6, 6.07) is 10.5. The van der Waals surface area contributed by atoms with E-state index in [9.17, 15) is 4.79 Å². The average molecular weight is 419 g/mol. The molecule has 0 bridgehead atoms. The predicted molar refractivity (Wildman–Crippen MR) is 114 cm³/mol. The topological polar surface area (TPSA) is 51.1 Å². The Bertz CT molecular complexity index is 970. The standard InChI is InChI=1S/C21H20Cl2N2O3/c1-4-27-19-9-6-14(11-20(19)28-5-2)10-16-13(3)24-25(21(16)26)15-7-8-17(22)18(23)12-15/h6-12H,4-5H2,1-3H3. The number of hydrogen-bond acceptors (Lipinski definition) is 4. The molecule has 0 saturated heterocycles. The summed E-state index contributed by atoms with van der Waals surface area (Å²) in [4.78, 5) is 12.9. The number of hydrazone groups is 1. The summed E-state index contributed by atoms with van der Waals surface area (Å²) in [6.45, 7) is 6.68. The fourth-order valence-corrected chi connectivity index (χ4v) is 3.09.